The van der Waals surface area contributed by atoms with Crippen molar-refractivity contribution in [1.82, 2.24) is 5.16 Å². The standard InChI is InChI=1S/C5H7NO2/c1-4-5(7-2)3-6-8-4/h3H,1-2H3. The lowest BCUT2D eigenvalue weighted by Gasteiger charge is -1.89. The van der Waals surface area contributed by atoms with Gasteiger partial charge in [0.05, 0.1) is 7.11 Å². The largest absolute Gasteiger partial charge is 0.491 e. The van der Waals surface area contributed by atoms with Crippen LogP contribution in [0.15, 0.2) is 10.7 Å². The van der Waals surface area contributed by atoms with E-state index in [1.165, 1.54) is 6.20 Å². The maximum Gasteiger partial charge on any atom is 0.181 e. The Morgan fingerprint density at radius 2 is 2.50 bits per heavy atom. The summed E-state index contributed by atoms with van der Waals surface area (Å²) in [6.07, 6.45) is 1.54. The van der Waals surface area contributed by atoms with Gasteiger partial charge >= 0.3 is 0 Å². The van der Waals surface area contributed by atoms with E-state index in [2.05, 4.69) is 9.68 Å². The second-order valence-corrected chi connectivity index (χ2v) is 1.45. The summed E-state index contributed by atoms with van der Waals surface area (Å²) in [7, 11) is 1.58. The van der Waals surface area contributed by atoms with E-state index in [1.54, 1.807) is 14.0 Å². The summed E-state index contributed by atoms with van der Waals surface area (Å²) in [5.74, 6) is 1.41. The zero-order chi connectivity index (χ0) is 5.98. The zero-order valence-corrected chi connectivity index (χ0v) is 4.84. The van der Waals surface area contributed by atoms with E-state index in [4.69, 9.17) is 4.74 Å². The first-order valence-electron chi connectivity index (χ1n) is 2.30. The summed E-state index contributed by atoms with van der Waals surface area (Å²) < 4.78 is 9.51. The number of aromatic nitrogens is 1. The molecule has 0 saturated carbocycles. The molecule has 0 unspecified atom stereocenters. The second kappa shape index (κ2) is 1.86. The third-order valence-electron chi connectivity index (χ3n) is 0.926. The van der Waals surface area contributed by atoms with Gasteiger partial charge in [-0.3, -0.25) is 0 Å². The Morgan fingerprint density at radius 3 is 2.75 bits per heavy atom. The van der Waals surface area contributed by atoms with Crippen molar-refractivity contribution in [3.8, 4) is 5.75 Å². The summed E-state index contributed by atoms with van der Waals surface area (Å²) in [5.41, 5.74) is 0. The molecule has 0 spiro atoms. The first kappa shape index (κ1) is 5.15. The SMILES string of the molecule is COc1cnoc1C. The molecular formula is C5H7NO2. The number of hydrogen-bond acceptors (Lipinski definition) is 3. The summed E-state index contributed by atoms with van der Waals surface area (Å²) in [6, 6.07) is 0. The van der Waals surface area contributed by atoms with Crippen molar-refractivity contribution in [1.29, 1.82) is 0 Å². The molecule has 1 aromatic rings. The topological polar surface area (TPSA) is 35.3 Å². The number of aryl methyl sites for hydroxylation is 1. The Morgan fingerprint density at radius 1 is 1.75 bits per heavy atom. The zero-order valence-electron chi connectivity index (χ0n) is 4.84. The van der Waals surface area contributed by atoms with Crippen LogP contribution in [0.25, 0.3) is 0 Å². The summed E-state index contributed by atoms with van der Waals surface area (Å²) in [6.45, 7) is 1.80. The maximum absolute atomic E-state index is 4.83. The van der Waals surface area contributed by atoms with Crippen LogP contribution in [0.4, 0.5) is 0 Å². The lowest BCUT2D eigenvalue weighted by atomic mass is 10.5. The van der Waals surface area contributed by atoms with Crippen molar-refractivity contribution >= 4 is 0 Å². The molecule has 0 aromatic carbocycles. The highest BCUT2D eigenvalue weighted by atomic mass is 16.5. The van der Waals surface area contributed by atoms with Crippen LogP contribution in [0.3, 0.4) is 0 Å². The fourth-order valence-corrected chi connectivity index (χ4v) is 0.486. The van der Waals surface area contributed by atoms with Crippen LogP contribution in [-0.2, 0) is 0 Å². The molecule has 0 aliphatic carbocycles. The quantitative estimate of drug-likeness (QED) is 0.544. The minimum Gasteiger partial charge on any atom is -0.491 e. The van der Waals surface area contributed by atoms with Crippen LogP contribution in [0.2, 0.25) is 0 Å². The highest BCUT2D eigenvalue weighted by Crippen LogP contribution is 2.13. The van der Waals surface area contributed by atoms with E-state index in [9.17, 15) is 0 Å². The van der Waals surface area contributed by atoms with Gasteiger partial charge in [0.1, 0.15) is 6.20 Å². The second-order valence-electron chi connectivity index (χ2n) is 1.45. The first-order valence-corrected chi connectivity index (χ1v) is 2.30. The molecule has 1 aromatic heterocycles. The first-order chi connectivity index (χ1) is 3.84. The monoisotopic (exact) mass is 113 g/mol. The van der Waals surface area contributed by atoms with Gasteiger partial charge in [-0.05, 0) is 0 Å². The molecule has 0 radical (unpaired) electrons. The fourth-order valence-electron chi connectivity index (χ4n) is 0.486. The molecule has 1 heterocycles. The van der Waals surface area contributed by atoms with Crippen LogP contribution in [0.1, 0.15) is 5.76 Å². The molecule has 0 fully saturated rings. The van der Waals surface area contributed by atoms with Crippen LogP contribution < -0.4 is 4.74 Å². The normalized spacial score (nSPS) is 9.25. The number of ether oxygens (including phenoxy) is 1. The molecule has 8 heavy (non-hydrogen) atoms. The molecule has 0 atom stereocenters. The lowest BCUT2D eigenvalue weighted by Crippen LogP contribution is -1.79. The van der Waals surface area contributed by atoms with E-state index in [0.29, 0.717) is 11.5 Å². The Labute approximate surface area is 47.2 Å². The number of rotatable bonds is 1. The van der Waals surface area contributed by atoms with Gasteiger partial charge in [0.25, 0.3) is 0 Å². The Kier molecular flexibility index (Phi) is 1.20. The summed E-state index contributed by atoms with van der Waals surface area (Å²) in [5, 5.41) is 3.49. The highest BCUT2D eigenvalue weighted by molar-refractivity contribution is 5.18. The lowest BCUT2D eigenvalue weighted by molar-refractivity contribution is 0.371. The minimum atomic E-state index is 0.699. The van der Waals surface area contributed by atoms with Crippen molar-refractivity contribution in [2.75, 3.05) is 7.11 Å². The van der Waals surface area contributed by atoms with Crippen molar-refractivity contribution in [2.45, 2.75) is 6.92 Å². The van der Waals surface area contributed by atoms with Crippen LogP contribution in [0.5, 0.6) is 5.75 Å². The van der Waals surface area contributed by atoms with Gasteiger partial charge in [-0.1, -0.05) is 5.16 Å². The number of nitrogens with zero attached hydrogens (tertiary/aromatic N) is 1. The minimum absolute atomic E-state index is 0.699. The number of methoxy groups -OCH3 is 1. The molecular weight excluding hydrogens is 106 g/mol. The molecule has 0 amide bonds. The van der Waals surface area contributed by atoms with Gasteiger partial charge in [0.2, 0.25) is 0 Å². The van der Waals surface area contributed by atoms with E-state index in [0.717, 1.165) is 0 Å². The van der Waals surface area contributed by atoms with Crippen molar-refractivity contribution in [3.05, 3.63) is 12.0 Å². The molecule has 0 N–H and O–H groups in total. The Hall–Kier alpha value is -0.990. The van der Waals surface area contributed by atoms with Gasteiger partial charge in [-0.15, -0.1) is 0 Å². The predicted octanol–water partition coefficient (Wildman–Crippen LogP) is 0.992. The van der Waals surface area contributed by atoms with Gasteiger partial charge in [-0.25, -0.2) is 0 Å². The Balaban J connectivity index is 2.92. The van der Waals surface area contributed by atoms with Crippen molar-refractivity contribution in [3.63, 3.8) is 0 Å². The molecule has 0 saturated heterocycles. The average molecular weight is 113 g/mol. The molecule has 1 rings (SSSR count). The van der Waals surface area contributed by atoms with Crippen LogP contribution in [-0.4, -0.2) is 12.3 Å². The molecule has 3 heteroatoms. The van der Waals surface area contributed by atoms with Gasteiger partial charge in [0.15, 0.2) is 11.5 Å². The highest BCUT2D eigenvalue weighted by Gasteiger charge is 1.98. The van der Waals surface area contributed by atoms with Crippen molar-refractivity contribution in [2.24, 2.45) is 0 Å². The van der Waals surface area contributed by atoms with E-state index < -0.39 is 0 Å². The van der Waals surface area contributed by atoms with Gasteiger partial charge in [0, 0.05) is 6.92 Å². The van der Waals surface area contributed by atoms with Gasteiger partial charge in [-0.2, -0.15) is 0 Å². The third kappa shape index (κ3) is 0.665. The smallest absolute Gasteiger partial charge is 0.181 e. The maximum atomic E-state index is 4.83. The summed E-state index contributed by atoms with van der Waals surface area (Å²) >= 11 is 0. The molecule has 44 valence electrons. The van der Waals surface area contributed by atoms with E-state index >= 15 is 0 Å². The van der Waals surface area contributed by atoms with Crippen LogP contribution >= 0.6 is 0 Å². The van der Waals surface area contributed by atoms with Gasteiger partial charge < -0.3 is 9.26 Å². The van der Waals surface area contributed by atoms with Crippen molar-refractivity contribution < 1.29 is 9.26 Å². The third-order valence-corrected chi connectivity index (χ3v) is 0.926. The van der Waals surface area contributed by atoms with Crippen LogP contribution in [0, 0.1) is 6.92 Å². The predicted molar refractivity (Wildman–Crippen MR) is 27.8 cm³/mol. The Bertz CT molecular complexity index is 171. The molecule has 3 nitrogen and oxygen atoms in total. The van der Waals surface area contributed by atoms with E-state index in [1.807, 2.05) is 0 Å². The molecule has 0 aliphatic rings. The molecule has 0 bridgehead atoms. The average Bonchev–Trinajstić information content (AvgIpc) is 2.14. The fraction of sp³-hybridized carbons (Fsp3) is 0.400. The van der Waals surface area contributed by atoms with E-state index in [-0.39, 0.29) is 0 Å². The molecule has 0 aliphatic heterocycles. The number of hydrogen-bond donors (Lipinski definition) is 0. The summed E-state index contributed by atoms with van der Waals surface area (Å²) in [4.78, 5) is 0.